The van der Waals surface area contributed by atoms with E-state index in [1.54, 1.807) is 43.3 Å². The number of hydrogen-bond acceptors (Lipinski definition) is 4. The summed E-state index contributed by atoms with van der Waals surface area (Å²) in [6.07, 6.45) is 1.16. The third-order valence-corrected chi connectivity index (χ3v) is 5.19. The van der Waals surface area contributed by atoms with Crippen molar-refractivity contribution in [2.45, 2.75) is 19.8 Å². The van der Waals surface area contributed by atoms with Gasteiger partial charge in [-0.2, -0.15) is 4.68 Å². The van der Waals surface area contributed by atoms with Crippen molar-refractivity contribution in [2.75, 3.05) is 11.4 Å². The number of tetrazole rings is 1. The molecule has 0 aliphatic carbocycles. The zero-order valence-corrected chi connectivity index (χ0v) is 17.6. The average molecular weight is 431 g/mol. The molecule has 4 rings (SSSR count). The summed E-state index contributed by atoms with van der Waals surface area (Å²) >= 11 is 0. The number of amides is 1. The van der Waals surface area contributed by atoms with Crippen molar-refractivity contribution in [1.82, 2.24) is 19.8 Å². The van der Waals surface area contributed by atoms with E-state index in [9.17, 15) is 14.0 Å². The van der Waals surface area contributed by atoms with Crippen molar-refractivity contribution in [3.05, 3.63) is 106 Å². The van der Waals surface area contributed by atoms with Crippen molar-refractivity contribution >= 4 is 11.7 Å². The minimum atomic E-state index is -0.824. The number of aromatic nitrogens is 4. The van der Waals surface area contributed by atoms with Gasteiger partial charge < -0.3 is 0 Å². The maximum Gasteiger partial charge on any atom is 0.377 e. The number of rotatable bonds is 6. The van der Waals surface area contributed by atoms with Crippen molar-refractivity contribution in [3.8, 4) is 5.69 Å². The smallest absolute Gasteiger partial charge is 0.293 e. The van der Waals surface area contributed by atoms with E-state index in [-0.39, 0.29) is 5.69 Å². The van der Waals surface area contributed by atoms with E-state index in [0.717, 1.165) is 10.2 Å². The van der Waals surface area contributed by atoms with Crippen LogP contribution in [0.15, 0.2) is 83.7 Å². The Morgan fingerprint density at radius 1 is 0.906 bits per heavy atom. The number of carbonyl (C=O) groups excluding carboxylic acids is 1. The van der Waals surface area contributed by atoms with Crippen molar-refractivity contribution < 1.29 is 9.18 Å². The molecule has 32 heavy (non-hydrogen) atoms. The Kier molecular flexibility index (Phi) is 6.21. The van der Waals surface area contributed by atoms with Crippen LogP contribution < -0.4 is 10.6 Å². The number of carbonyl (C=O) groups is 1. The summed E-state index contributed by atoms with van der Waals surface area (Å²) in [6.45, 7) is 2.11. The molecule has 0 spiro atoms. The molecule has 0 fully saturated rings. The molecule has 0 atom stereocenters. The number of anilines is 1. The predicted molar refractivity (Wildman–Crippen MR) is 120 cm³/mol. The molecule has 4 aromatic rings. The Morgan fingerprint density at radius 3 is 2.28 bits per heavy atom. The lowest BCUT2D eigenvalue weighted by Crippen LogP contribution is -2.41. The van der Waals surface area contributed by atoms with Gasteiger partial charge in [-0.25, -0.2) is 14.0 Å². The van der Waals surface area contributed by atoms with Crippen LogP contribution >= 0.6 is 0 Å². The molecule has 0 saturated heterocycles. The van der Waals surface area contributed by atoms with Crippen LogP contribution in [-0.4, -0.2) is 32.4 Å². The quantitative estimate of drug-likeness (QED) is 0.435. The zero-order chi connectivity index (χ0) is 22.5. The third-order valence-electron chi connectivity index (χ3n) is 5.19. The normalized spacial score (nSPS) is 10.8. The summed E-state index contributed by atoms with van der Waals surface area (Å²) in [7, 11) is 0. The van der Waals surface area contributed by atoms with Crippen molar-refractivity contribution in [1.29, 1.82) is 0 Å². The maximum absolute atomic E-state index is 14.8. The number of aryl methyl sites for hydroxylation is 2. The Bertz CT molecular complexity index is 1270. The molecule has 0 radical (unpaired) electrons. The molecule has 162 valence electrons. The van der Waals surface area contributed by atoms with Crippen LogP contribution in [0.3, 0.4) is 0 Å². The highest BCUT2D eigenvalue weighted by Gasteiger charge is 2.24. The topological polar surface area (TPSA) is 73.0 Å². The van der Waals surface area contributed by atoms with E-state index in [1.807, 2.05) is 36.4 Å². The Morgan fingerprint density at radius 2 is 1.59 bits per heavy atom. The van der Waals surface area contributed by atoms with Crippen LogP contribution in [0.1, 0.15) is 18.1 Å². The average Bonchev–Trinajstić information content (AvgIpc) is 3.20. The summed E-state index contributed by atoms with van der Waals surface area (Å²) in [5.41, 5.74) is 1.50. The summed E-state index contributed by atoms with van der Waals surface area (Å²) in [6, 6.07) is 22.7. The first-order chi connectivity index (χ1) is 15.6. The Balaban J connectivity index is 1.67. The maximum atomic E-state index is 14.8. The molecule has 0 saturated carbocycles. The lowest BCUT2D eigenvalue weighted by atomic mass is 10.0. The van der Waals surface area contributed by atoms with Gasteiger partial charge in [0.1, 0.15) is 11.5 Å². The fraction of sp³-hybridized carbons (Fsp3) is 0.167. The number of hydrogen-bond donors (Lipinski definition) is 0. The second-order valence-corrected chi connectivity index (χ2v) is 7.18. The van der Waals surface area contributed by atoms with E-state index < -0.39 is 17.5 Å². The SMILES string of the molecule is CCN(C(=O)n1nnn(-c2c(F)cccc2CCc2ccccc2)c1=O)c1ccccc1. The van der Waals surface area contributed by atoms with Crippen LogP contribution in [0.4, 0.5) is 14.9 Å². The van der Waals surface area contributed by atoms with Gasteiger partial charge in [-0.15, -0.1) is 4.68 Å². The van der Waals surface area contributed by atoms with Crippen LogP contribution in [0.2, 0.25) is 0 Å². The molecule has 1 amide bonds. The van der Waals surface area contributed by atoms with Gasteiger partial charge >= 0.3 is 11.7 Å². The molecule has 8 heteroatoms. The monoisotopic (exact) mass is 431 g/mol. The third kappa shape index (κ3) is 4.20. The second kappa shape index (κ2) is 9.38. The van der Waals surface area contributed by atoms with Gasteiger partial charge in [-0.05, 0) is 59.5 Å². The van der Waals surface area contributed by atoms with Gasteiger partial charge in [-0.1, -0.05) is 60.7 Å². The molecule has 0 bridgehead atoms. The lowest BCUT2D eigenvalue weighted by Gasteiger charge is -2.19. The molecule has 1 aromatic heterocycles. The van der Waals surface area contributed by atoms with Crippen LogP contribution in [0.25, 0.3) is 5.69 Å². The molecule has 0 aliphatic rings. The van der Waals surface area contributed by atoms with Crippen molar-refractivity contribution in [3.63, 3.8) is 0 Å². The fourth-order valence-corrected chi connectivity index (χ4v) is 3.58. The highest BCUT2D eigenvalue weighted by Crippen LogP contribution is 2.19. The van der Waals surface area contributed by atoms with E-state index in [2.05, 4.69) is 10.4 Å². The minimum absolute atomic E-state index is 0.00948. The van der Waals surface area contributed by atoms with Gasteiger partial charge in [0.25, 0.3) is 0 Å². The van der Waals surface area contributed by atoms with E-state index in [0.29, 0.717) is 35.3 Å². The second-order valence-electron chi connectivity index (χ2n) is 7.18. The summed E-state index contributed by atoms with van der Waals surface area (Å²) < 4.78 is 16.3. The van der Waals surface area contributed by atoms with Crippen LogP contribution in [-0.2, 0) is 12.8 Å². The zero-order valence-electron chi connectivity index (χ0n) is 17.6. The number of halogens is 1. The molecular weight excluding hydrogens is 409 g/mol. The van der Waals surface area contributed by atoms with Crippen LogP contribution in [0.5, 0.6) is 0 Å². The number of nitrogens with zero attached hydrogens (tertiary/aromatic N) is 5. The molecule has 3 aromatic carbocycles. The molecule has 7 nitrogen and oxygen atoms in total. The van der Waals surface area contributed by atoms with Gasteiger partial charge in [0.05, 0.1) is 0 Å². The van der Waals surface area contributed by atoms with Gasteiger partial charge in [-0.3, -0.25) is 4.90 Å². The van der Waals surface area contributed by atoms with Gasteiger partial charge in [0.15, 0.2) is 0 Å². The first-order valence-electron chi connectivity index (χ1n) is 10.3. The molecule has 0 N–H and O–H groups in total. The van der Waals surface area contributed by atoms with Gasteiger partial charge in [0, 0.05) is 12.2 Å². The molecule has 0 aliphatic heterocycles. The predicted octanol–water partition coefficient (Wildman–Crippen LogP) is 3.85. The highest BCUT2D eigenvalue weighted by molar-refractivity contribution is 5.92. The van der Waals surface area contributed by atoms with E-state index >= 15 is 0 Å². The summed E-state index contributed by atoms with van der Waals surface area (Å²) in [4.78, 5) is 27.4. The number of para-hydroxylation sites is 2. The molecule has 1 heterocycles. The fourth-order valence-electron chi connectivity index (χ4n) is 3.58. The molecule has 0 unspecified atom stereocenters. The lowest BCUT2D eigenvalue weighted by molar-refractivity contribution is 0.244. The number of benzene rings is 3. The Labute approximate surface area is 184 Å². The largest absolute Gasteiger partial charge is 0.377 e. The van der Waals surface area contributed by atoms with Gasteiger partial charge in [0.2, 0.25) is 0 Å². The summed E-state index contributed by atoms with van der Waals surface area (Å²) in [5.74, 6) is -0.604. The first-order valence-corrected chi connectivity index (χ1v) is 10.3. The van der Waals surface area contributed by atoms with E-state index in [4.69, 9.17) is 0 Å². The van der Waals surface area contributed by atoms with Crippen molar-refractivity contribution in [2.24, 2.45) is 0 Å². The highest BCUT2D eigenvalue weighted by atomic mass is 19.1. The standard InChI is InChI=1S/C24H22FN5O2/c1-2-28(20-13-7-4-8-14-20)23(31)30-24(32)29(26-27-30)22-19(12-9-15-21(22)25)17-16-18-10-5-3-6-11-18/h3-15H,2,16-17H2,1H3. The minimum Gasteiger partial charge on any atom is -0.293 e. The molecular formula is C24H22FN5O2. The van der Waals surface area contributed by atoms with Crippen LogP contribution in [0, 0.1) is 5.82 Å². The Hall–Kier alpha value is -4.07. The first kappa shape index (κ1) is 21.2. The van der Waals surface area contributed by atoms with E-state index in [1.165, 1.54) is 11.0 Å². The summed E-state index contributed by atoms with van der Waals surface area (Å²) in [5, 5.41) is 7.57.